The van der Waals surface area contributed by atoms with Crippen molar-refractivity contribution >= 4 is 21.6 Å². The number of nitrogens with zero attached hydrogens (tertiary/aromatic N) is 1. The van der Waals surface area contributed by atoms with Gasteiger partial charge in [0.25, 0.3) is 0 Å². The molecule has 1 heterocycles. The van der Waals surface area contributed by atoms with Gasteiger partial charge >= 0.3 is 6.03 Å². The van der Waals surface area contributed by atoms with Crippen LogP contribution in [0.15, 0.2) is 47.4 Å². The second-order valence-corrected chi connectivity index (χ2v) is 9.11. The Balaban J connectivity index is 1.64. The van der Waals surface area contributed by atoms with Gasteiger partial charge in [0.15, 0.2) is 21.3 Å². The lowest BCUT2D eigenvalue weighted by molar-refractivity contribution is 0.200. The quantitative estimate of drug-likeness (QED) is 0.751. The minimum Gasteiger partial charge on any atom is -0.497 e. The molecule has 0 spiro atoms. The van der Waals surface area contributed by atoms with Crippen LogP contribution in [-0.4, -0.2) is 59.0 Å². The van der Waals surface area contributed by atoms with Gasteiger partial charge in [-0.15, -0.1) is 0 Å². The van der Waals surface area contributed by atoms with Crippen LogP contribution in [0.25, 0.3) is 0 Å². The monoisotopic (exact) mass is 434 g/mol. The van der Waals surface area contributed by atoms with Gasteiger partial charge in [-0.1, -0.05) is 6.07 Å². The third kappa shape index (κ3) is 4.46. The van der Waals surface area contributed by atoms with Crippen molar-refractivity contribution in [3.05, 3.63) is 42.5 Å². The highest BCUT2D eigenvalue weighted by Gasteiger charge is 2.33. The standard InChI is InChI=1S/C21H26N2O6S/c1-27-15-7-9-16(10-8-15)30(25,26)17-11-13-23(14-12-17)21(24)22-18-5-4-6-19(28-2)20(18)29-3/h4-10,17H,11-14H2,1-3H3,(H,22,24). The highest BCUT2D eigenvalue weighted by molar-refractivity contribution is 7.92. The highest BCUT2D eigenvalue weighted by Crippen LogP contribution is 2.35. The van der Waals surface area contributed by atoms with E-state index in [0.29, 0.717) is 48.9 Å². The van der Waals surface area contributed by atoms with E-state index in [1.165, 1.54) is 21.3 Å². The van der Waals surface area contributed by atoms with Crippen LogP contribution in [0.2, 0.25) is 0 Å². The number of piperidine rings is 1. The summed E-state index contributed by atoms with van der Waals surface area (Å²) in [6.07, 6.45) is 0.744. The van der Waals surface area contributed by atoms with Gasteiger partial charge < -0.3 is 24.4 Å². The number of ether oxygens (including phenoxy) is 3. The number of hydrogen-bond donors (Lipinski definition) is 1. The molecule has 0 bridgehead atoms. The molecule has 1 saturated heterocycles. The third-order valence-corrected chi connectivity index (χ3v) is 7.48. The van der Waals surface area contributed by atoms with E-state index in [2.05, 4.69) is 5.32 Å². The summed E-state index contributed by atoms with van der Waals surface area (Å²) in [5, 5.41) is 2.30. The van der Waals surface area contributed by atoms with Gasteiger partial charge in [0.05, 0.1) is 37.2 Å². The van der Waals surface area contributed by atoms with E-state index >= 15 is 0 Å². The fraction of sp³-hybridized carbons (Fsp3) is 0.381. The second kappa shape index (κ2) is 9.25. The molecule has 2 aromatic carbocycles. The molecular weight excluding hydrogens is 408 g/mol. The molecule has 8 nitrogen and oxygen atoms in total. The molecule has 3 rings (SSSR count). The fourth-order valence-electron chi connectivity index (χ4n) is 3.51. The molecule has 2 amide bonds. The number of anilines is 1. The van der Waals surface area contributed by atoms with E-state index in [4.69, 9.17) is 14.2 Å². The summed E-state index contributed by atoms with van der Waals surface area (Å²) in [4.78, 5) is 14.6. The Kier molecular flexibility index (Phi) is 6.71. The number of carbonyl (C=O) groups is 1. The molecule has 0 saturated carbocycles. The molecule has 0 aliphatic carbocycles. The number of sulfone groups is 1. The zero-order valence-corrected chi connectivity index (χ0v) is 18.1. The molecule has 162 valence electrons. The molecule has 30 heavy (non-hydrogen) atoms. The average molecular weight is 435 g/mol. The first-order valence-electron chi connectivity index (χ1n) is 9.55. The summed E-state index contributed by atoms with van der Waals surface area (Å²) in [6, 6.07) is 11.3. The summed E-state index contributed by atoms with van der Waals surface area (Å²) in [6.45, 7) is 0.691. The number of urea groups is 1. The topological polar surface area (TPSA) is 94.2 Å². The molecule has 0 radical (unpaired) electrons. The molecule has 1 aliphatic heterocycles. The van der Waals surface area contributed by atoms with E-state index in [1.807, 2.05) is 0 Å². The zero-order chi connectivity index (χ0) is 21.7. The molecule has 1 fully saturated rings. The van der Waals surface area contributed by atoms with Crippen molar-refractivity contribution in [2.24, 2.45) is 0 Å². The first kappa shape index (κ1) is 21.8. The number of benzene rings is 2. The van der Waals surface area contributed by atoms with Gasteiger partial charge in [-0.3, -0.25) is 0 Å². The predicted octanol–water partition coefficient (Wildman–Crippen LogP) is 3.18. The molecule has 0 unspecified atom stereocenters. The van der Waals surface area contributed by atoms with Crippen LogP contribution in [0.3, 0.4) is 0 Å². The number of nitrogens with one attached hydrogen (secondary N) is 1. The average Bonchev–Trinajstić information content (AvgIpc) is 2.78. The number of rotatable bonds is 6. The van der Waals surface area contributed by atoms with Crippen molar-refractivity contribution in [2.75, 3.05) is 39.7 Å². The maximum atomic E-state index is 12.9. The highest BCUT2D eigenvalue weighted by atomic mass is 32.2. The van der Waals surface area contributed by atoms with E-state index in [-0.39, 0.29) is 10.9 Å². The van der Waals surface area contributed by atoms with Gasteiger partial charge in [-0.05, 0) is 49.2 Å². The predicted molar refractivity (Wildman–Crippen MR) is 113 cm³/mol. The van der Waals surface area contributed by atoms with Crippen LogP contribution in [0.1, 0.15) is 12.8 Å². The maximum absolute atomic E-state index is 12.9. The van der Waals surface area contributed by atoms with Gasteiger partial charge in [0, 0.05) is 13.1 Å². The van der Waals surface area contributed by atoms with Gasteiger partial charge in [0.2, 0.25) is 0 Å². The maximum Gasteiger partial charge on any atom is 0.321 e. The Morgan fingerprint density at radius 2 is 1.63 bits per heavy atom. The summed E-state index contributed by atoms with van der Waals surface area (Å²) in [7, 11) is 1.10. The number of carbonyl (C=O) groups excluding carboxylic acids is 1. The van der Waals surface area contributed by atoms with E-state index < -0.39 is 15.1 Å². The van der Waals surface area contributed by atoms with Crippen LogP contribution >= 0.6 is 0 Å². The minimum absolute atomic E-state index is 0.271. The number of methoxy groups -OCH3 is 3. The summed E-state index contributed by atoms with van der Waals surface area (Å²) in [5.74, 6) is 1.55. The van der Waals surface area contributed by atoms with E-state index in [9.17, 15) is 13.2 Å². The van der Waals surface area contributed by atoms with Crippen LogP contribution < -0.4 is 19.5 Å². The summed E-state index contributed by atoms with van der Waals surface area (Å²) >= 11 is 0. The number of para-hydroxylation sites is 1. The first-order valence-corrected chi connectivity index (χ1v) is 11.1. The molecule has 9 heteroatoms. The summed E-state index contributed by atoms with van der Waals surface area (Å²) < 4.78 is 41.5. The Morgan fingerprint density at radius 3 is 2.20 bits per heavy atom. The van der Waals surface area contributed by atoms with Crippen LogP contribution in [0.4, 0.5) is 10.5 Å². The van der Waals surface area contributed by atoms with E-state index in [1.54, 1.807) is 47.4 Å². The van der Waals surface area contributed by atoms with Crippen LogP contribution in [0.5, 0.6) is 17.2 Å². The smallest absolute Gasteiger partial charge is 0.321 e. The normalized spacial score (nSPS) is 14.8. The zero-order valence-electron chi connectivity index (χ0n) is 17.3. The van der Waals surface area contributed by atoms with Crippen LogP contribution in [-0.2, 0) is 9.84 Å². The molecule has 2 aromatic rings. The van der Waals surface area contributed by atoms with Gasteiger partial charge in [-0.2, -0.15) is 0 Å². The SMILES string of the molecule is COc1ccc(S(=O)(=O)C2CCN(C(=O)Nc3cccc(OC)c3OC)CC2)cc1. The largest absolute Gasteiger partial charge is 0.497 e. The van der Waals surface area contributed by atoms with Crippen molar-refractivity contribution in [2.45, 2.75) is 23.0 Å². The Morgan fingerprint density at radius 1 is 0.967 bits per heavy atom. The van der Waals surface area contributed by atoms with Crippen molar-refractivity contribution in [3.8, 4) is 17.2 Å². The van der Waals surface area contributed by atoms with Crippen molar-refractivity contribution in [1.29, 1.82) is 0 Å². The van der Waals surface area contributed by atoms with Crippen molar-refractivity contribution in [1.82, 2.24) is 4.90 Å². The van der Waals surface area contributed by atoms with Crippen molar-refractivity contribution in [3.63, 3.8) is 0 Å². The lowest BCUT2D eigenvalue weighted by atomic mass is 10.1. The second-order valence-electron chi connectivity index (χ2n) is 6.88. The molecular formula is C21H26N2O6S. The molecule has 1 aliphatic rings. The van der Waals surface area contributed by atoms with Crippen molar-refractivity contribution < 1.29 is 27.4 Å². The number of amides is 2. The molecule has 0 atom stereocenters. The Bertz CT molecular complexity index is 983. The van der Waals surface area contributed by atoms with Gasteiger partial charge in [-0.25, -0.2) is 13.2 Å². The fourth-order valence-corrected chi connectivity index (χ4v) is 5.24. The summed E-state index contributed by atoms with van der Waals surface area (Å²) in [5.41, 5.74) is 0.495. The number of likely N-dealkylation sites (tertiary alicyclic amines) is 1. The van der Waals surface area contributed by atoms with E-state index in [0.717, 1.165) is 0 Å². The Hall–Kier alpha value is -2.94. The lowest BCUT2D eigenvalue weighted by Crippen LogP contribution is -2.44. The molecule has 0 aromatic heterocycles. The van der Waals surface area contributed by atoms with Gasteiger partial charge in [0.1, 0.15) is 5.75 Å². The Labute approximate surface area is 176 Å². The third-order valence-electron chi connectivity index (χ3n) is 5.20. The number of hydrogen-bond acceptors (Lipinski definition) is 6. The lowest BCUT2D eigenvalue weighted by Gasteiger charge is -2.32. The van der Waals surface area contributed by atoms with Crippen LogP contribution in [0, 0.1) is 0 Å². The minimum atomic E-state index is -3.47. The molecule has 1 N–H and O–H groups in total. The first-order chi connectivity index (χ1) is 14.4.